The molecule has 0 heterocycles. The Bertz CT molecular complexity index is 584. The zero-order valence-electron chi connectivity index (χ0n) is 16.0. The summed E-state index contributed by atoms with van der Waals surface area (Å²) >= 11 is 0. The monoisotopic (exact) mass is 362 g/mol. The summed E-state index contributed by atoms with van der Waals surface area (Å²) in [5.41, 5.74) is 2.44. The Morgan fingerprint density at radius 3 is 2.35 bits per heavy atom. The number of ether oxygens (including phenoxy) is 1. The highest BCUT2D eigenvalue weighted by Gasteiger charge is 2.15. The van der Waals surface area contributed by atoms with Crippen molar-refractivity contribution in [1.29, 1.82) is 0 Å². The molecule has 1 rings (SSSR count). The molecule has 0 aliphatic carbocycles. The van der Waals surface area contributed by atoms with Gasteiger partial charge >= 0.3 is 5.97 Å². The SMILES string of the molecule is COC(=O)CCN(CCCNC(C)=O)C(=O)CCCc1ccc(C)cc1. The number of esters is 1. The molecule has 0 radical (unpaired) electrons. The molecule has 0 atom stereocenters. The van der Waals surface area contributed by atoms with Crippen LogP contribution < -0.4 is 5.32 Å². The third-order valence-electron chi connectivity index (χ3n) is 4.12. The normalized spacial score (nSPS) is 10.3. The number of aryl methyl sites for hydroxylation is 2. The van der Waals surface area contributed by atoms with Crippen molar-refractivity contribution in [3.05, 3.63) is 35.4 Å². The van der Waals surface area contributed by atoms with Crippen LogP contribution in [-0.4, -0.2) is 49.4 Å². The molecule has 0 saturated heterocycles. The van der Waals surface area contributed by atoms with Gasteiger partial charge in [0.05, 0.1) is 13.5 Å². The lowest BCUT2D eigenvalue weighted by molar-refractivity contribution is -0.141. The van der Waals surface area contributed by atoms with E-state index in [1.807, 2.05) is 6.92 Å². The number of hydrogen-bond acceptors (Lipinski definition) is 4. The quantitative estimate of drug-likeness (QED) is 0.484. The van der Waals surface area contributed by atoms with Gasteiger partial charge in [-0.05, 0) is 31.7 Å². The summed E-state index contributed by atoms with van der Waals surface area (Å²) in [7, 11) is 1.34. The lowest BCUT2D eigenvalue weighted by Crippen LogP contribution is -2.35. The number of methoxy groups -OCH3 is 1. The Labute approximate surface area is 155 Å². The summed E-state index contributed by atoms with van der Waals surface area (Å²) in [5, 5.41) is 2.72. The number of nitrogens with zero attached hydrogens (tertiary/aromatic N) is 1. The minimum Gasteiger partial charge on any atom is -0.469 e. The highest BCUT2D eigenvalue weighted by Crippen LogP contribution is 2.09. The largest absolute Gasteiger partial charge is 0.469 e. The van der Waals surface area contributed by atoms with E-state index in [0.717, 1.165) is 12.8 Å². The second-order valence-corrected chi connectivity index (χ2v) is 6.38. The minimum absolute atomic E-state index is 0.0313. The standard InChI is InChI=1S/C20H30N2O4/c1-16-8-10-18(11-9-16)6-4-7-19(24)22(15-12-20(25)26-3)14-5-13-21-17(2)23/h8-11H,4-7,12-15H2,1-3H3,(H,21,23). The zero-order chi connectivity index (χ0) is 19.4. The lowest BCUT2D eigenvalue weighted by atomic mass is 10.1. The fourth-order valence-electron chi connectivity index (χ4n) is 2.58. The number of benzene rings is 1. The van der Waals surface area contributed by atoms with E-state index in [-0.39, 0.29) is 24.2 Å². The van der Waals surface area contributed by atoms with Crippen LogP contribution in [0.25, 0.3) is 0 Å². The molecule has 144 valence electrons. The smallest absolute Gasteiger partial charge is 0.307 e. The van der Waals surface area contributed by atoms with Gasteiger partial charge in [-0.2, -0.15) is 0 Å². The fraction of sp³-hybridized carbons (Fsp3) is 0.550. The Balaban J connectivity index is 2.45. The topological polar surface area (TPSA) is 75.7 Å². The van der Waals surface area contributed by atoms with Gasteiger partial charge < -0.3 is 15.0 Å². The van der Waals surface area contributed by atoms with Crippen LogP contribution in [0.4, 0.5) is 0 Å². The summed E-state index contributed by atoms with van der Waals surface area (Å²) in [6.07, 6.45) is 2.89. The highest BCUT2D eigenvalue weighted by atomic mass is 16.5. The molecule has 2 amide bonds. The van der Waals surface area contributed by atoms with Crippen molar-refractivity contribution in [2.45, 2.75) is 46.0 Å². The van der Waals surface area contributed by atoms with Gasteiger partial charge in [0.1, 0.15) is 0 Å². The molecule has 1 aromatic carbocycles. The molecule has 0 aromatic heterocycles. The average Bonchev–Trinajstić information content (AvgIpc) is 2.62. The van der Waals surface area contributed by atoms with E-state index in [9.17, 15) is 14.4 Å². The van der Waals surface area contributed by atoms with Crippen LogP contribution in [0.15, 0.2) is 24.3 Å². The molecule has 6 nitrogen and oxygen atoms in total. The van der Waals surface area contributed by atoms with Gasteiger partial charge in [0.15, 0.2) is 0 Å². The maximum atomic E-state index is 12.5. The second kappa shape index (κ2) is 12.1. The molecule has 0 aliphatic heterocycles. The number of nitrogens with one attached hydrogen (secondary N) is 1. The maximum Gasteiger partial charge on any atom is 0.307 e. The second-order valence-electron chi connectivity index (χ2n) is 6.38. The van der Waals surface area contributed by atoms with Crippen LogP contribution in [-0.2, 0) is 25.5 Å². The molecule has 0 unspecified atom stereocenters. The van der Waals surface area contributed by atoms with Gasteiger partial charge in [0.25, 0.3) is 0 Å². The van der Waals surface area contributed by atoms with Gasteiger partial charge in [-0.25, -0.2) is 0 Å². The summed E-state index contributed by atoms with van der Waals surface area (Å²) in [5.74, 6) is -0.385. The minimum atomic E-state index is -0.329. The Morgan fingerprint density at radius 2 is 1.73 bits per heavy atom. The van der Waals surface area contributed by atoms with Crippen molar-refractivity contribution in [2.75, 3.05) is 26.7 Å². The first-order valence-electron chi connectivity index (χ1n) is 9.07. The third kappa shape index (κ3) is 9.20. The van der Waals surface area contributed by atoms with Crippen LogP contribution in [0, 0.1) is 6.92 Å². The molecular weight excluding hydrogens is 332 g/mol. The van der Waals surface area contributed by atoms with Crippen LogP contribution in [0.3, 0.4) is 0 Å². The van der Waals surface area contributed by atoms with Gasteiger partial charge in [0.2, 0.25) is 11.8 Å². The molecule has 26 heavy (non-hydrogen) atoms. The van der Waals surface area contributed by atoms with Crippen molar-refractivity contribution in [3.63, 3.8) is 0 Å². The summed E-state index contributed by atoms with van der Waals surface area (Å²) in [6, 6.07) is 8.31. The number of amides is 2. The average molecular weight is 362 g/mol. The first-order valence-corrected chi connectivity index (χ1v) is 9.07. The molecule has 0 fully saturated rings. The van der Waals surface area contributed by atoms with Gasteiger partial charge in [-0.3, -0.25) is 14.4 Å². The molecule has 0 bridgehead atoms. The Kier molecular flexibility index (Phi) is 10.1. The molecule has 0 aliphatic rings. The highest BCUT2D eigenvalue weighted by molar-refractivity contribution is 5.77. The van der Waals surface area contributed by atoms with Gasteiger partial charge in [-0.15, -0.1) is 0 Å². The molecule has 6 heteroatoms. The molecule has 1 N–H and O–H groups in total. The zero-order valence-corrected chi connectivity index (χ0v) is 16.0. The Morgan fingerprint density at radius 1 is 1.04 bits per heavy atom. The predicted octanol–water partition coefficient (Wildman–Crippen LogP) is 2.24. The fourth-order valence-corrected chi connectivity index (χ4v) is 2.58. The van der Waals surface area contributed by atoms with Crippen molar-refractivity contribution in [2.24, 2.45) is 0 Å². The van der Waals surface area contributed by atoms with E-state index in [0.29, 0.717) is 32.5 Å². The number of hydrogen-bond donors (Lipinski definition) is 1. The van der Waals surface area contributed by atoms with Crippen LogP contribution in [0.2, 0.25) is 0 Å². The van der Waals surface area contributed by atoms with Crippen LogP contribution in [0.5, 0.6) is 0 Å². The lowest BCUT2D eigenvalue weighted by Gasteiger charge is -2.22. The van der Waals surface area contributed by atoms with Crippen molar-refractivity contribution >= 4 is 17.8 Å². The molecule has 0 saturated carbocycles. The molecule has 0 spiro atoms. The van der Waals surface area contributed by atoms with E-state index in [4.69, 9.17) is 0 Å². The van der Waals surface area contributed by atoms with Gasteiger partial charge in [-0.1, -0.05) is 29.8 Å². The van der Waals surface area contributed by atoms with Crippen LogP contribution in [0.1, 0.15) is 43.7 Å². The van der Waals surface area contributed by atoms with E-state index >= 15 is 0 Å². The van der Waals surface area contributed by atoms with Gasteiger partial charge in [0, 0.05) is 33.0 Å². The van der Waals surface area contributed by atoms with E-state index in [2.05, 4.69) is 34.3 Å². The molecular formula is C20H30N2O4. The third-order valence-corrected chi connectivity index (χ3v) is 4.12. The van der Waals surface area contributed by atoms with Crippen molar-refractivity contribution in [3.8, 4) is 0 Å². The first kappa shape index (κ1) is 21.7. The number of carbonyl (C=O) groups excluding carboxylic acids is 3. The summed E-state index contributed by atoms with van der Waals surface area (Å²) < 4.78 is 4.65. The first-order chi connectivity index (χ1) is 12.4. The van der Waals surface area contributed by atoms with E-state index in [1.165, 1.54) is 25.2 Å². The van der Waals surface area contributed by atoms with E-state index < -0.39 is 0 Å². The summed E-state index contributed by atoms with van der Waals surface area (Å²) in [6.45, 7) is 4.89. The number of carbonyl (C=O) groups is 3. The van der Waals surface area contributed by atoms with Crippen molar-refractivity contribution in [1.82, 2.24) is 10.2 Å². The number of rotatable bonds is 11. The predicted molar refractivity (Wildman–Crippen MR) is 101 cm³/mol. The Hall–Kier alpha value is -2.37. The van der Waals surface area contributed by atoms with Crippen LogP contribution >= 0.6 is 0 Å². The maximum absolute atomic E-state index is 12.5. The summed E-state index contributed by atoms with van der Waals surface area (Å²) in [4.78, 5) is 36.5. The van der Waals surface area contributed by atoms with E-state index in [1.54, 1.807) is 4.90 Å². The molecule has 1 aromatic rings. The van der Waals surface area contributed by atoms with Crippen molar-refractivity contribution < 1.29 is 19.1 Å².